The fraction of sp³-hybridized carbons (Fsp3) is 0.800. The van der Waals surface area contributed by atoms with Gasteiger partial charge in [-0.1, -0.05) is 6.42 Å². The Morgan fingerprint density at radius 3 is 2.50 bits per heavy atom. The molecule has 0 radical (unpaired) electrons. The van der Waals surface area contributed by atoms with Crippen molar-refractivity contribution in [2.24, 2.45) is 11.1 Å². The van der Waals surface area contributed by atoms with Gasteiger partial charge in [0.25, 0.3) is 0 Å². The van der Waals surface area contributed by atoms with E-state index in [1.807, 2.05) is 0 Å². The second-order valence-electron chi connectivity index (χ2n) is 4.11. The standard InChI is InChI=1S/C10H18N2O4/c1-16-7(8(13)14)5-12-9(15)10(6-11)3-2-4-10/h7H,2-6,11H2,1H3,(H,12,15)(H,13,14). The molecule has 1 saturated carbocycles. The van der Waals surface area contributed by atoms with Gasteiger partial charge in [0.05, 0.1) is 12.0 Å². The summed E-state index contributed by atoms with van der Waals surface area (Å²) in [5.41, 5.74) is 5.08. The van der Waals surface area contributed by atoms with E-state index in [-0.39, 0.29) is 12.5 Å². The highest BCUT2D eigenvalue weighted by molar-refractivity contribution is 5.84. The minimum Gasteiger partial charge on any atom is -0.479 e. The number of carboxylic acids is 1. The Kier molecular flexibility index (Phi) is 4.26. The fourth-order valence-electron chi connectivity index (χ4n) is 1.77. The average Bonchev–Trinajstić information content (AvgIpc) is 2.17. The van der Waals surface area contributed by atoms with Crippen molar-refractivity contribution in [2.75, 3.05) is 20.2 Å². The maximum atomic E-state index is 11.8. The van der Waals surface area contributed by atoms with Gasteiger partial charge in [0.15, 0.2) is 6.10 Å². The van der Waals surface area contributed by atoms with E-state index in [4.69, 9.17) is 15.6 Å². The molecule has 1 aliphatic carbocycles. The molecule has 1 aliphatic rings. The maximum absolute atomic E-state index is 11.8. The summed E-state index contributed by atoms with van der Waals surface area (Å²) >= 11 is 0. The van der Waals surface area contributed by atoms with E-state index in [1.54, 1.807) is 0 Å². The molecule has 0 aromatic heterocycles. The first-order valence-corrected chi connectivity index (χ1v) is 5.30. The van der Waals surface area contributed by atoms with Crippen molar-refractivity contribution in [1.82, 2.24) is 5.32 Å². The Labute approximate surface area is 94.1 Å². The molecule has 0 saturated heterocycles. The van der Waals surface area contributed by atoms with Crippen molar-refractivity contribution in [2.45, 2.75) is 25.4 Å². The van der Waals surface area contributed by atoms with Crippen molar-refractivity contribution < 1.29 is 19.4 Å². The summed E-state index contributed by atoms with van der Waals surface area (Å²) in [4.78, 5) is 22.4. The summed E-state index contributed by atoms with van der Waals surface area (Å²) in [6.45, 7) is 0.288. The molecule has 0 aromatic rings. The summed E-state index contributed by atoms with van der Waals surface area (Å²) in [5.74, 6) is -1.25. The van der Waals surface area contributed by atoms with Gasteiger partial charge >= 0.3 is 5.97 Å². The van der Waals surface area contributed by atoms with E-state index < -0.39 is 17.5 Å². The van der Waals surface area contributed by atoms with Crippen molar-refractivity contribution in [1.29, 1.82) is 0 Å². The number of nitrogens with two attached hydrogens (primary N) is 1. The monoisotopic (exact) mass is 230 g/mol. The number of carbonyl (C=O) groups excluding carboxylic acids is 1. The molecule has 6 heteroatoms. The molecule has 0 aliphatic heterocycles. The third-order valence-electron chi connectivity index (χ3n) is 3.19. The van der Waals surface area contributed by atoms with E-state index in [0.29, 0.717) is 6.54 Å². The predicted molar refractivity (Wildman–Crippen MR) is 56.8 cm³/mol. The average molecular weight is 230 g/mol. The number of hydrogen-bond acceptors (Lipinski definition) is 4. The second-order valence-corrected chi connectivity index (χ2v) is 4.11. The summed E-state index contributed by atoms with van der Waals surface area (Å²) < 4.78 is 4.71. The molecule has 4 N–H and O–H groups in total. The second kappa shape index (κ2) is 5.27. The lowest BCUT2D eigenvalue weighted by molar-refractivity contribution is -0.148. The Morgan fingerprint density at radius 1 is 1.56 bits per heavy atom. The number of nitrogens with one attached hydrogen (secondary N) is 1. The maximum Gasteiger partial charge on any atom is 0.334 e. The van der Waals surface area contributed by atoms with Crippen LogP contribution in [0.2, 0.25) is 0 Å². The quantitative estimate of drug-likeness (QED) is 0.561. The lowest BCUT2D eigenvalue weighted by Crippen LogP contribution is -2.52. The molecular formula is C10H18N2O4. The van der Waals surface area contributed by atoms with Crippen molar-refractivity contribution in [3.63, 3.8) is 0 Å². The molecule has 1 amide bonds. The van der Waals surface area contributed by atoms with Crippen LogP contribution in [-0.2, 0) is 14.3 Å². The highest BCUT2D eigenvalue weighted by Gasteiger charge is 2.42. The zero-order valence-electron chi connectivity index (χ0n) is 9.36. The van der Waals surface area contributed by atoms with Gasteiger partial charge in [0.2, 0.25) is 5.91 Å². The number of hydrogen-bond donors (Lipinski definition) is 3. The molecular weight excluding hydrogens is 212 g/mol. The number of aliphatic carboxylic acids is 1. The molecule has 1 rings (SSSR count). The van der Waals surface area contributed by atoms with Crippen LogP contribution in [0.25, 0.3) is 0 Å². The SMILES string of the molecule is COC(CNC(=O)C1(CN)CCC1)C(=O)O. The van der Waals surface area contributed by atoms with Crippen molar-refractivity contribution in [3.05, 3.63) is 0 Å². The van der Waals surface area contributed by atoms with Crippen LogP contribution in [0.1, 0.15) is 19.3 Å². The molecule has 1 atom stereocenters. The number of amides is 1. The number of carbonyl (C=O) groups is 2. The Morgan fingerprint density at radius 2 is 2.19 bits per heavy atom. The van der Waals surface area contributed by atoms with Crippen LogP contribution in [0.15, 0.2) is 0 Å². The smallest absolute Gasteiger partial charge is 0.334 e. The minimum atomic E-state index is -1.08. The van der Waals surface area contributed by atoms with E-state index >= 15 is 0 Å². The Bertz CT molecular complexity index is 270. The molecule has 16 heavy (non-hydrogen) atoms. The number of rotatable bonds is 6. The third-order valence-corrected chi connectivity index (χ3v) is 3.19. The zero-order chi connectivity index (χ0) is 12.2. The van der Waals surface area contributed by atoms with Crippen molar-refractivity contribution >= 4 is 11.9 Å². The molecule has 92 valence electrons. The number of methoxy groups -OCH3 is 1. The predicted octanol–water partition coefficient (Wildman–Crippen LogP) is -0.669. The number of carboxylic acid groups (broad SMARTS) is 1. The first-order valence-electron chi connectivity index (χ1n) is 5.30. The largest absolute Gasteiger partial charge is 0.479 e. The summed E-state index contributed by atoms with van der Waals surface area (Å²) in [5, 5.41) is 11.3. The van der Waals surface area contributed by atoms with E-state index in [0.717, 1.165) is 19.3 Å². The minimum absolute atomic E-state index is 0.0214. The zero-order valence-corrected chi connectivity index (χ0v) is 9.36. The van der Waals surface area contributed by atoms with Crippen LogP contribution in [-0.4, -0.2) is 43.3 Å². The van der Waals surface area contributed by atoms with E-state index in [2.05, 4.69) is 5.32 Å². The molecule has 6 nitrogen and oxygen atoms in total. The van der Waals surface area contributed by atoms with Gasteiger partial charge in [0, 0.05) is 13.7 Å². The lowest BCUT2D eigenvalue weighted by Gasteiger charge is -2.39. The lowest BCUT2D eigenvalue weighted by atomic mass is 9.68. The summed E-state index contributed by atoms with van der Waals surface area (Å²) in [6.07, 6.45) is 1.55. The van der Waals surface area contributed by atoms with Gasteiger partial charge in [0.1, 0.15) is 0 Å². The van der Waals surface area contributed by atoms with Gasteiger partial charge in [-0.3, -0.25) is 4.79 Å². The summed E-state index contributed by atoms with van der Waals surface area (Å²) in [7, 11) is 1.30. The first-order chi connectivity index (χ1) is 7.55. The van der Waals surface area contributed by atoms with Crippen LogP contribution in [0, 0.1) is 5.41 Å². The number of ether oxygens (including phenoxy) is 1. The normalized spacial score (nSPS) is 19.6. The highest BCUT2D eigenvalue weighted by atomic mass is 16.5. The van der Waals surface area contributed by atoms with Crippen molar-refractivity contribution in [3.8, 4) is 0 Å². The van der Waals surface area contributed by atoms with Gasteiger partial charge < -0.3 is 20.9 Å². The van der Waals surface area contributed by atoms with Gasteiger partial charge in [-0.25, -0.2) is 4.79 Å². The molecule has 0 heterocycles. The van der Waals surface area contributed by atoms with Crippen LogP contribution < -0.4 is 11.1 Å². The Balaban J connectivity index is 2.42. The first kappa shape index (κ1) is 12.9. The van der Waals surface area contributed by atoms with Crippen LogP contribution in [0.4, 0.5) is 0 Å². The molecule has 0 bridgehead atoms. The van der Waals surface area contributed by atoms with Crippen LogP contribution in [0.3, 0.4) is 0 Å². The van der Waals surface area contributed by atoms with Gasteiger partial charge in [-0.05, 0) is 12.8 Å². The fourth-order valence-corrected chi connectivity index (χ4v) is 1.77. The van der Waals surface area contributed by atoms with Gasteiger partial charge in [-0.2, -0.15) is 0 Å². The Hall–Kier alpha value is -1.14. The molecule has 1 unspecified atom stereocenters. The molecule has 0 spiro atoms. The summed E-state index contributed by atoms with van der Waals surface area (Å²) in [6, 6.07) is 0. The van der Waals surface area contributed by atoms with Gasteiger partial charge in [-0.15, -0.1) is 0 Å². The van der Waals surface area contributed by atoms with Crippen LogP contribution >= 0.6 is 0 Å². The third kappa shape index (κ3) is 2.51. The van der Waals surface area contributed by atoms with E-state index in [1.165, 1.54) is 7.11 Å². The van der Waals surface area contributed by atoms with E-state index in [9.17, 15) is 9.59 Å². The topological polar surface area (TPSA) is 102 Å². The molecule has 0 aromatic carbocycles. The van der Waals surface area contributed by atoms with Crippen LogP contribution in [0.5, 0.6) is 0 Å². The molecule has 1 fully saturated rings. The highest BCUT2D eigenvalue weighted by Crippen LogP contribution is 2.39.